The lowest BCUT2D eigenvalue weighted by Gasteiger charge is -2.03. The van der Waals surface area contributed by atoms with Crippen LogP contribution in [0.3, 0.4) is 0 Å². The lowest BCUT2D eigenvalue weighted by molar-refractivity contribution is -0.545. The summed E-state index contributed by atoms with van der Waals surface area (Å²) in [7, 11) is 1.39. The number of unbranched alkanes of at least 4 members (excludes halogenated alkanes) is 1. The largest absolute Gasteiger partial charge is 0.469 e. The Bertz CT molecular complexity index is 179. The van der Waals surface area contributed by atoms with Crippen molar-refractivity contribution < 1.29 is 24.7 Å². The van der Waals surface area contributed by atoms with Crippen LogP contribution >= 0.6 is 0 Å². The van der Waals surface area contributed by atoms with E-state index in [2.05, 4.69) is 10.5 Å². The molecule has 1 heterocycles. The molecule has 5 heteroatoms. The van der Waals surface area contributed by atoms with E-state index in [1.807, 2.05) is 0 Å². The van der Waals surface area contributed by atoms with Crippen molar-refractivity contribution in [3.63, 3.8) is 0 Å². The van der Waals surface area contributed by atoms with Crippen molar-refractivity contribution in [2.45, 2.75) is 25.2 Å². The van der Waals surface area contributed by atoms with E-state index in [1.165, 1.54) is 7.11 Å². The van der Waals surface area contributed by atoms with E-state index < -0.39 is 5.91 Å². The second-order valence-electron chi connectivity index (χ2n) is 3.08. The van der Waals surface area contributed by atoms with Crippen LogP contribution in [0.5, 0.6) is 0 Å². The number of esters is 1. The second kappa shape index (κ2) is 4.55. The van der Waals surface area contributed by atoms with Crippen molar-refractivity contribution in [1.82, 2.24) is 0 Å². The van der Waals surface area contributed by atoms with Crippen LogP contribution < -0.4 is 5.73 Å². The van der Waals surface area contributed by atoms with E-state index in [-0.39, 0.29) is 5.97 Å². The molecule has 1 aliphatic heterocycles. The van der Waals surface area contributed by atoms with E-state index in [1.54, 1.807) is 0 Å². The normalized spacial score (nSPS) is 25.7. The number of ether oxygens (including phenoxy) is 3. The molecule has 1 aliphatic rings. The number of quaternary nitrogens is 1. The Morgan fingerprint density at radius 1 is 1.62 bits per heavy atom. The van der Waals surface area contributed by atoms with Gasteiger partial charge in [0, 0.05) is 6.42 Å². The molecule has 1 saturated heterocycles. The van der Waals surface area contributed by atoms with Gasteiger partial charge in [-0.1, -0.05) is 0 Å². The topological polar surface area (TPSA) is 75.7 Å². The van der Waals surface area contributed by atoms with E-state index in [0.29, 0.717) is 19.6 Å². The minimum Gasteiger partial charge on any atom is -0.469 e. The fourth-order valence-electron chi connectivity index (χ4n) is 0.895. The highest BCUT2D eigenvalue weighted by Gasteiger charge is 2.47. The Hall–Kier alpha value is -0.650. The smallest absolute Gasteiger partial charge is 0.339 e. The zero-order valence-corrected chi connectivity index (χ0v) is 7.88. The maximum atomic E-state index is 10.7. The predicted molar refractivity (Wildman–Crippen MR) is 43.4 cm³/mol. The number of methoxy groups -OCH3 is 1. The Labute approximate surface area is 77.1 Å². The highest BCUT2D eigenvalue weighted by atomic mass is 16.8. The van der Waals surface area contributed by atoms with Gasteiger partial charge in [-0.15, -0.1) is 0 Å². The molecule has 0 aliphatic carbocycles. The zero-order chi connectivity index (χ0) is 9.73. The minimum absolute atomic E-state index is 0.174. The predicted octanol–water partition coefficient (Wildman–Crippen LogP) is -0.728. The minimum atomic E-state index is -0.578. The summed E-state index contributed by atoms with van der Waals surface area (Å²) in [6.45, 7) is 1.16. The molecular formula is C8H16NO4+. The van der Waals surface area contributed by atoms with E-state index >= 15 is 0 Å². The van der Waals surface area contributed by atoms with Crippen LogP contribution in [0.15, 0.2) is 0 Å². The van der Waals surface area contributed by atoms with Gasteiger partial charge in [-0.05, 0) is 12.8 Å². The van der Waals surface area contributed by atoms with Crippen LogP contribution in [0.1, 0.15) is 19.3 Å². The lowest BCUT2D eigenvalue weighted by atomic mass is 10.2. The molecule has 1 fully saturated rings. The number of rotatable bonds is 6. The van der Waals surface area contributed by atoms with Crippen molar-refractivity contribution >= 4 is 5.97 Å². The molecule has 0 spiro atoms. The van der Waals surface area contributed by atoms with E-state index in [9.17, 15) is 4.79 Å². The van der Waals surface area contributed by atoms with Crippen molar-refractivity contribution in [2.24, 2.45) is 0 Å². The summed E-state index contributed by atoms with van der Waals surface area (Å²) in [5, 5.41) is 0. The molecule has 0 amide bonds. The Balaban J connectivity index is 1.87. The summed E-state index contributed by atoms with van der Waals surface area (Å²) in [6, 6.07) is 0. The van der Waals surface area contributed by atoms with Gasteiger partial charge < -0.3 is 15.2 Å². The molecular weight excluding hydrogens is 174 g/mol. The third kappa shape index (κ3) is 4.21. The van der Waals surface area contributed by atoms with Gasteiger partial charge in [0.05, 0.1) is 13.7 Å². The fourth-order valence-corrected chi connectivity index (χ4v) is 0.895. The molecule has 13 heavy (non-hydrogen) atoms. The third-order valence-corrected chi connectivity index (χ3v) is 1.83. The van der Waals surface area contributed by atoms with Gasteiger partial charge in [-0.25, -0.2) is 0 Å². The van der Waals surface area contributed by atoms with Gasteiger partial charge >= 0.3 is 11.9 Å². The van der Waals surface area contributed by atoms with Crippen molar-refractivity contribution in [3.05, 3.63) is 0 Å². The van der Waals surface area contributed by atoms with Crippen LogP contribution in [-0.2, 0) is 19.0 Å². The first-order valence-electron chi connectivity index (χ1n) is 4.36. The lowest BCUT2D eigenvalue weighted by Crippen LogP contribution is -2.66. The number of hydrogen-bond acceptors (Lipinski definition) is 4. The summed E-state index contributed by atoms with van der Waals surface area (Å²) in [5.41, 5.74) is 3.69. The van der Waals surface area contributed by atoms with Crippen molar-refractivity contribution in [2.75, 3.05) is 20.3 Å². The van der Waals surface area contributed by atoms with Gasteiger partial charge in [0.25, 0.3) is 0 Å². The monoisotopic (exact) mass is 190 g/mol. The molecule has 0 aromatic carbocycles. The van der Waals surface area contributed by atoms with Gasteiger partial charge in [-0.2, -0.15) is 0 Å². The van der Waals surface area contributed by atoms with Gasteiger partial charge in [0.15, 0.2) is 6.61 Å². The van der Waals surface area contributed by atoms with Gasteiger partial charge in [-0.3, -0.25) is 9.53 Å². The average Bonchev–Trinajstić information content (AvgIpc) is 2.83. The van der Waals surface area contributed by atoms with E-state index in [4.69, 9.17) is 9.47 Å². The van der Waals surface area contributed by atoms with Crippen LogP contribution in [0.25, 0.3) is 0 Å². The highest BCUT2D eigenvalue weighted by Crippen LogP contribution is 2.18. The van der Waals surface area contributed by atoms with Crippen LogP contribution in [-0.4, -0.2) is 32.2 Å². The number of carbonyl (C=O) groups is 1. The van der Waals surface area contributed by atoms with Crippen LogP contribution in [0.4, 0.5) is 0 Å². The molecule has 1 atom stereocenters. The van der Waals surface area contributed by atoms with Gasteiger partial charge in [0.1, 0.15) is 0 Å². The molecule has 0 aromatic heterocycles. The van der Waals surface area contributed by atoms with Gasteiger partial charge in [0.2, 0.25) is 0 Å². The molecule has 0 aromatic rings. The maximum Gasteiger partial charge on any atom is 0.339 e. The SMILES string of the molecule is COC(=O)CCCCOC1([NH3+])CO1. The van der Waals surface area contributed by atoms with Crippen molar-refractivity contribution in [3.8, 4) is 0 Å². The Morgan fingerprint density at radius 2 is 2.31 bits per heavy atom. The second-order valence-corrected chi connectivity index (χ2v) is 3.08. The Morgan fingerprint density at radius 3 is 2.85 bits per heavy atom. The first-order valence-corrected chi connectivity index (χ1v) is 4.36. The average molecular weight is 190 g/mol. The quantitative estimate of drug-likeness (QED) is 0.259. The molecule has 0 bridgehead atoms. The summed E-state index contributed by atoms with van der Waals surface area (Å²) >= 11 is 0. The summed E-state index contributed by atoms with van der Waals surface area (Å²) in [4.78, 5) is 10.7. The number of hydrogen-bond donors (Lipinski definition) is 1. The van der Waals surface area contributed by atoms with Crippen molar-refractivity contribution in [1.29, 1.82) is 0 Å². The third-order valence-electron chi connectivity index (χ3n) is 1.83. The molecule has 0 saturated carbocycles. The molecule has 76 valence electrons. The maximum absolute atomic E-state index is 10.7. The van der Waals surface area contributed by atoms with E-state index in [0.717, 1.165) is 12.8 Å². The number of epoxide rings is 1. The molecule has 1 unspecified atom stereocenters. The first kappa shape index (κ1) is 10.4. The van der Waals surface area contributed by atoms with Crippen LogP contribution in [0.2, 0.25) is 0 Å². The Kier molecular flexibility index (Phi) is 3.65. The molecule has 0 radical (unpaired) electrons. The standard InChI is InChI=1S/C8H15NO4/c1-11-7(10)4-2-3-5-12-8(9)6-13-8/h2-6,9H2,1H3/p+1. The fraction of sp³-hybridized carbons (Fsp3) is 0.875. The summed E-state index contributed by atoms with van der Waals surface area (Å²) < 4.78 is 14.7. The molecule has 3 N–H and O–H groups in total. The molecule has 5 nitrogen and oxygen atoms in total. The summed E-state index contributed by atoms with van der Waals surface area (Å²) in [6.07, 6.45) is 2.06. The highest BCUT2D eigenvalue weighted by molar-refractivity contribution is 5.68. The summed E-state index contributed by atoms with van der Waals surface area (Å²) in [5.74, 6) is -0.752. The molecule has 1 rings (SSSR count). The first-order chi connectivity index (χ1) is 6.16. The van der Waals surface area contributed by atoms with Crippen LogP contribution in [0, 0.1) is 0 Å². The number of carbonyl (C=O) groups excluding carboxylic acids is 1. The zero-order valence-electron chi connectivity index (χ0n) is 7.88.